The van der Waals surface area contributed by atoms with Gasteiger partial charge in [-0.25, -0.2) is 0 Å². The summed E-state index contributed by atoms with van der Waals surface area (Å²) in [5.41, 5.74) is 2.35. The number of nitrogens with zero attached hydrogens (tertiary/aromatic N) is 1. The van der Waals surface area contributed by atoms with Crippen LogP contribution in [0.25, 0.3) is 21.8 Å². The van der Waals surface area contributed by atoms with Gasteiger partial charge >= 0.3 is 0 Å². The minimum absolute atomic E-state index is 0.173. The van der Waals surface area contributed by atoms with Crippen molar-refractivity contribution in [2.75, 3.05) is 20.0 Å². The Morgan fingerprint density at radius 1 is 1.00 bits per heavy atom. The minimum atomic E-state index is 0.173. The molecule has 1 aromatic heterocycles. The molecule has 0 radical (unpaired) electrons. The first-order valence-corrected chi connectivity index (χ1v) is 8.90. The zero-order chi connectivity index (χ0) is 17.1. The highest BCUT2D eigenvalue weighted by molar-refractivity contribution is 8.13. The Kier molecular flexibility index (Phi) is 5.00. The van der Waals surface area contributed by atoms with Gasteiger partial charge in [-0.1, -0.05) is 11.8 Å². The van der Waals surface area contributed by atoms with E-state index in [9.17, 15) is 4.79 Å². The van der Waals surface area contributed by atoms with Gasteiger partial charge in [-0.05, 0) is 42.8 Å². The first kappa shape index (κ1) is 16.7. The molecule has 5 heteroatoms. The van der Waals surface area contributed by atoms with Gasteiger partial charge in [-0.15, -0.1) is 0 Å². The first-order chi connectivity index (χ1) is 11.6. The molecule has 24 heavy (non-hydrogen) atoms. The molecule has 0 saturated heterocycles. The predicted octanol–water partition coefficient (Wildman–Crippen LogP) is 4.48. The number of fused-ring (bicyclic) bond motifs is 3. The van der Waals surface area contributed by atoms with Crippen LogP contribution in [0.3, 0.4) is 0 Å². The van der Waals surface area contributed by atoms with Crippen molar-refractivity contribution >= 4 is 38.7 Å². The van der Waals surface area contributed by atoms with Crippen molar-refractivity contribution in [1.29, 1.82) is 0 Å². The standard InChI is InChI=1S/C19H21NO3S/c1-13(21)24-10-4-9-20-18-7-5-14(22-2)11-16(18)17-12-15(23-3)6-8-19(17)20/h5-8,11-12H,4,9-10H2,1-3H3. The second-order valence-electron chi connectivity index (χ2n) is 5.61. The fourth-order valence-corrected chi connectivity index (χ4v) is 3.56. The number of carbonyl (C=O) groups is 1. The molecule has 0 aliphatic rings. The molecule has 0 bridgehead atoms. The van der Waals surface area contributed by atoms with Crippen LogP contribution in [0.2, 0.25) is 0 Å². The molecule has 2 aromatic carbocycles. The fourth-order valence-electron chi connectivity index (χ4n) is 3.00. The summed E-state index contributed by atoms with van der Waals surface area (Å²) in [5, 5.41) is 2.48. The average Bonchev–Trinajstić information content (AvgIpc) is 2.90. The third-order valence-corrected chi connectivity index (χ3v) is 5.01. The number of carbonyl (C=O) groups excluding carboxylic acids is 1. The van der Waals surface area contributed by atoms with Gasteiger partial charge in [-0.2, -0.15) is 0 Å². The summed E-state index contributed by atoms with van der Waals surface area (Å²) in [6, 6.07) is 12.3. The summed E-state index contributed by atoms with van der Waals surface area (Å²) in [7, 11) is 3.36. The van der Waals surface area contributed by atoms with Crippen molar-refractivity contribution in [3.05, 3.63) is 36.4 Å². The number of aryl methyl sites for hydroxylation is 1. The first-order valence-electron chi connectivity index (χ1n) is 7.91. The van der Waals surface area contributed by atoms with E-state index >= 15 is 0 Å². The van der Waals surface area contributed by atoms with Crippen molar-refractivity contribution < 1.29 is 14.3 Å². The zero-order valence-electron chi connectivity index (χ0n) is 14.2. The molecule has 1 heterocycles. The molecular formula is C19H21NO3S. The molecule has 0 saturated carbocycles. The monoisotopic (exact) mass is 343 g/mol. The van der Waals surface area contributed by atoms with Gasteiger partial charge < -0.3 is 14.0 Å². The van der Waals surface area contributed by atoms with E-state index in [1.54, 1.807) is 21.1 Å². The normalized spacial score (nSPS) is 11.1. The van der Waals surface area contributed by atoms with Crippen molar-refractivity contribution in [2.24, 2.45) is 0 Å². The molecule has 0 atom stereocenters. The van der Waals surface area contributed by atoms with E-state index in [-0.39, 0.29) is 5.12 Å². The summed E-state index contributed by atoms with van der Waals surface area (Å²) < 4.78 is 13.1. The Balaban J connectivity index is 2.06. The van der Waals surface area contributed by atoms with Gasteiger partial charge in [0.25, 0.3) is 0 Å². The third kappa shape index (κ3) is 3.22. The van der Waals surface area contributed by atoms with Crippen LogP contribution in [-0.2, 0) is 11.3 Å². The van der Waals surface area contributed by atoms with Crippen molar-refractivity contribution in [3.8, 4) is 11.5 Å². The number of hydrogen-bond acceptors (Lipinski definition) is 4. The highest BCUT2D eigenvalue weighted by Gasteiger charge is 2.12. The number of benzene rings is 2. The SMILES string of the molecule is COc1ccc2c(c1)c1cc(OC)ccc1n2CCCSC(C)=O. The van der Waals surface area contributed by atoms with Crippen LogP contribution in [0.4, 0.5) is 0 Å². The zero-order valence-corrected chi connectivity index (χ0v) is 15.0. The molecule has 0 aliphatic heterocycles. The van der Waals surface area contributed by atoms with E-state index in [1.165, 1.54) is 22.8 Å². The van der Waals surface area contributed by atoms with Gasteiger partial charge in [0.2, 0.25) is 0 Å². The largest absolute Gasteiger partial charge is 0.497 e. The minimum Gasteiger partial charge on any atom is -0.497 e. The number of aromatic nitrogens is 1. The van der Waals surface area contributed by atoms with E-state index in [1.807, 2.05) is 12.1 Å². The molecule has 0 unspecified atom stereocenters. The lowest BCUT2D eigenvalue weighted by Crippen LogP contribution is -2.00. The maximum Gasteiger partial charge on any atom is 0.185 e. The Morgan fingerprint density at radius 2 is 1.54 bits per heavy atom. The lowest BCUT2D eigenvalue weighted by molar-refractivity contribution is -0.109. The number of hydrogen-bond donors (Lipinski definition) is 0. The lowest BCUT2D eigenvalue weighted by Gasteiger charge is -2.07. The summed E-state index contributed by atoms with van der Waals surface area (Å²) in [6.07, 6.45) is 0.946. The molecule has 0 fully saturated rings. The maximum absolute atomic E-state index is 11.1. The summed E-state index contributed by atoms with van der Waals surface area (Å²) in [4.78, 5) is 11.1. The number of thioether (sulfide) groups is 1. The average molecular weight is 343 g/mol. The quantitative estimate of drug-likeness (QED) is 0.619. The van der Waals surface area contributed by atoms with Gasteiger partial charge in [0.15, 0.2) is 5.12 Å². The topological polar surface area (TPSA) is 40.5 Å². The fraction of sp³-hybridized carbons (Fsp3) is 0.316. The number of rotatable bonds is 6. The third-order valence-electron chi connectivity index (χ3n) is 4.11. The van der Waals surface area contributed by atoms with Crippen molar-refractivity contribution in [3.63, 3.8) is 0 Å². The molecule has 3 rings (SSSR count). The summed E-state index contributed by atoms with van der Waals surface area (Å²) in [6.45, 7) is 2.49. The maximum atomic E-state index is 11.1. The molecule has 126 valence electrons. The highest BCUT2D eigenvalue weighted by atomic mass is 32.2. The molecule has 3 aromatic rings. The molecule has 0 amide bonds. The Morgan fingerprint density at radius 3 is 2.00 bits per heavy atom. The van der Waals surface area contributed by atoms with E-state index in [0.717, 1.165) is 41.0 Å². The Hall–Kier alpha value is -2.14. The van der Waals surface area contributed by atoms with Crippen molar-refractivity contribution in [2.45, 2.75) is 19.9 Å². The van der Waals surface area contributed by atoms with Gasteiger partial charge in [0, 0.05) is 41.0 Å². The second kappa shape index (κ2) is 7.18. The van der Waals surface area contributed by atoms with Gasteiger partial charge in [0.1, 0.15) is 11.5 Å². The van der Waals surface area contributed by atoms with Crippen LogP contribution in [-0.4, -0.2) is 29.7 Å². The van der Waals surface area contributed by atoms with Gasteiger partial charge in [0.05, 0.1) is 14.2 Å². The van der Waals surface area contributed by atoms with Crippen LogP contribution >= 0.6 is 11.8 Å². The van der Waals surface area contributed by atoms with E-state index < -0.39 is 0 Å². The smallest absolute Gasteiger partial charge is 0.185 e. The van der Waals surface area contributed by atoms with Gasteiger partial charge in [-0.3, -0.25) is 4.79 Å². The summed E-state index contributed by atoms with van der Waals surface area (Å²) >= 11 is 1.38. The Labute approximate surface area is 145 Å². The summed E-state index contributed by atoms with van der Waals surface area (Å²) in [5.74, 6) is 2.52. The van der Waals surface area contributed by atoms with Crippen LogP contribution in [0.15, 0.2) is 36.4 Å². The molecule has 0 N–H and O–H groups in total. The predicted molar refractivity (Wildman–Crippen MR) is 100 cm³/mol. The molecule has 0 aliphatic carbocycles. The Bertz CT molecular complexity index is 824. The number of methoxy groups -OCH3 is 2. The second-order valence-corrected chi connectivity index (χ2v) is 6.88. The lowest BCUT2D eigenvalue weighted by atomic mass is 10.1. The van der Waals surface area contributed by atoms with E-state index in [0.29, 0.717) is 0 Å². The van der Waals surface area contributed by atoms with Crippen LogP contribution in [0.1, 0.15) is 13.3 Å². The highest BCUT2D eigenvalue weighted by Crippen LogP contribution is 2.34. The molecule has 0 spiro atoms. The van der Waals surface area contributed by atoms with Crippen LogP contribution in [0.5, 0.6) is 11.5 Å². The molecular weight excluding hydrogens is 322 g/mol. The van der Waals surface area contributed by atoms with Crippen molar-refractivity contribution in [1.82, 2.24) is 4.57 Å². The van der Waals surface area contributed by atoms with E-state index in [4.69, 9.17) is 9.47 Å². The van der Waals surface area contributed by atoms with Crippen LogP contribution in [0, 0.1) is 0 Å². The molecule has 4 nitrogen and oxygen atoms in total. The number of ether oxygens (including phenoxy) is 2. The van der Waals surface area contributed by atoms with E-state index in [2.05, 4.69) is 28.8 Å². The van der Waals surface area contributed by atoms with Crippen LogP contribution < -0.4 is 9.47 Å².